The highest BCUT2D eigenvalue weighted by Gasteiger charge is 2.36. The zero-order chi connectivity index (χ0) is 17.3. The van der Waals surface area contributed by atoms with Gasteiger partial charge in [-0.2, -0.15) is 0 Å². The van der Waals surface area contributed by atoms with Crippen LogP contribution in [0.4, 0.5) is 5.13 Å². The summed E-state index contributed by atoms with van der Waals surface area (Å²) in [5.74, 6) is 0.0659. The third-order valence-corrected chi connectivity index (χ3v) is 4.95. The van der Waals surface area contributed by atoms with Crippen molar-refractivity contribution in [2.75, 3.05) is 5.32 Å². The van der Waals surface area contributed by atoms with Gasteiger partial charge in [-0.15, -0.1) is 11.3 Å². The van der Waals surface area contributed by atoms with Crippen molar-refractivity contribution in [2.45, 2.75) is 39.8 Å². The molecule has 1 aromatic heterocycles. The van der Waals surface area contributed by atoms with Crippen LogP contribution in [-0.2, 0) is 11.3 Å². The van der Waals surface area contributed by atoms with Crippen LogP contribution in [0.5, 0.6) is 0 Å². The first-order valence-electron chi connectivity index (χ1n) is 8.07. The van der Waals surface area contributed by atoms with E-state index >= 15 is 0 Å². The predicted octanol–water partition coefficient (Wildman–Crippen LogP) is 3.46. The molecule has 1 N–H and O–H groups in total. The summed E-state index contributed by atoms with van der Waals surface area (Å²) in [4.78, 5) is 31.5. The first kappa shape index (κ1) is 16.6. The molecule has 0 fully saturated rings. The molecule has 1 aromatic carbocycles. The molecule has 2 amide bonds. The summed E-state index contributed by atoms with van der Waals surface area (Å²) in [7, 11) is 0. The van der Waals surface area contributed by atoms with Crippen LogP contribution < -0.4 is 5.32 Å². The Morgan fingerprint density at radius 2 is 2.12 bits per heavy atom. The number of nitrogens with one attached hydrogen (secondary N) is 1. The summed E-state index contributed by atoms with van der Waals surface area (Å²) in [6, 6.07) is 7.06. The van der Waals surface area contributed by atoms with Crippen LogP contribution in [0.2, 0.25) is 0 Å². The minimum absolute atomic E-state index is 0.0679. The van der Waals surface area contributed by atoms with E-state index in [0.717, 1.165) is 11.3 Å². The molecular formula is C18H21N3O2S. The third kappa shape index (κ3) is 3.33. The summed E-state index contributed by atoms with van der Waals surface area (Å²) in [5, 5.41) is 5.34. The normalized spacial score (nSPS) is 14.8. The third-order valence-electron chi connectivity index (χ3n) is 4.07. The molecule has 0 radical (unpaired) electrons. The lowest BCUT2D eigenvalue weighted by atomic mass is 10.0. The zero-order valence-electron chi connectivity index (χ0n) is 14.1. The van der Waals surface area contributed by atoms with Gasteiger partial charge in [-0.05, 0) is 30.9 Å². The van der Waals surface area contributed by atoms with E-state index in [9.17, 15) is 9.59 Å². The fraction of sp³-hybridized carbons (Fsp3) is 0.389. The Labute approximate surface area is 145 Å². The number of amides is 2. The van der Waals surface area contributed by atoms with Gasteiger partial charge >= 0.3 is 0 Å². The molecule has 0 spiro atoms. The highest BCUT2D eigenvalue weighted by molar-refractivity contribution is 7.13. The molecule has 0 bridgehead atoms. The van der Waals surface area contributed by atoms with Gasteiger partial charge in [0.2, 0.25) is 5.91 Å². The number of anilines is 1. The lowest BCUT2D eigenvalue weighted by Crippen LogP contribution is -2.45. The molecule has 5 nitrogen and oxygen atoms in total. The van der Waals surface area contributed by atoms with E-state index in [-0.39, 0.29) is 11.8 Å². The number of carbonyl (C=O) groups is 2. The lowest BCUT2D eigenvalue weighted by molar-refractivity contribution is -0.121. The molecule has 1 aliphatic rings. The van der Waals surface area contributed by atoms with Crippen LogP contribution in [0.15, 0.2) is 29.6 Å². The van der Waals surface area contributed by atoms with Crippen LogP contribution in [0.25, 0.3) is 0 Å². The van der Waals surface area contributed by atoms with Crippen LogP contribution in [0.1, 0.15) is 41.9 Å². The minimum atomic E-state index is -0.492. The topological polar surface area (TPSA) is 62.3 Å². The van der Waals surface area contributed by atoms with Crippen molar-refractivity contribution in [3.63, 3.8) is 0 Å². The Bertz CT molecular complexity index is 769. The van der Waals surface area contributed by atoms with Crippen LogP contribution >= 0.6 is 11.3 Å². The number of aryl methyl sites for hydroxylation is 1. The summed E-state index contributed by atoms with van der Waals surface area (Å²) in [6.45, 7) is 6.48. The predicted molar refractivity (Wildman–Crippen MR) is 95.0 cm³/mol. The van der Waals surface area contributed by atoms with Gasteiger partial charge in [0, 0.05) is 17.5 Å². The second-order valence-corrected chi connectivity index (χ2v) is 7.38. The Morgan fingerprint density at radius 3 is 2.75 bits per heavy atom. The van der Waals surface area contributed by atoms with Gasteiger partial charge in [0.1, 0.15) is 6.04 Å². The number of carbonyl (C=O) groups excluding carboxylic acids is 2. The highest BCUT2D eigenvalue weighted by Crippen LogP contribution is 2.27. The van der Waals surface area contributed by atoms with E-state index in [2.05, 4.69) is 24.1 Å². The molecule has 24 heavy (non-hydrogen) atoms. The number of nitrogens with zero attached hydrogens (tertiary/aromatic N) is 2. The van der Waals surface area contributed by atoms with Crippen molar-refractivity contribution >= 4 is 28.3 Å². The van der Waals surface area contributed by atoms with Gasteiger partial charge < -0.3 is 10.2 Å². The molecule has 0 saturated carbocycles. The maximum Gasteiger partial charge on any atom is 0.255 e. The summed E-state index contributed by atoms with van der Waals surface area (Å²) >= 11 is 1.40. The molecule has 1 aliphatic heterocycles. The lowest BCUT2D eigenvalue weighted by Gasteiger charge is -2.27. The number of rotatable bonds is 5. The SMILES string of the molecule is Cc1csc(NC(=O)C(CC(C)C)N2Cc3ccccc3C2=O)n1. The second-order valence-electron chi connectivity index (χ2n) is 6.52. The van der Waals surface area contributed by atoms with Crippen LogP contribution in [-0.4, -0.2) is 27.7 Å². The van der Waals surface area contributed by atoms with E-state index in [4.69, 9.17) is 0 Å². The van der Waals surface area contributed by atoms with Gasteiger partial charge in [0.25, 0.3) is 5.91 Å². The van der Waals surface area contributed by atoms with Crippen molar-refractivity contribution < 1.29 is 9.59 Å². The average Bonchev–Trinajstić information content (AvgIpc) is 3.09. The van der Waals surface area contributed by atoms with Crippen molar-refractivity contribution in [1.82, 2.24) is 9.88 Å². The Morgan fingerprint density at radius 1 is 1.38 bits per heavy atom. The molecule has 126 valence electrons. The van der Waals surface area contributed by atoms with Crippen LogP contribution in [0.3, 0.4) is 0 Å². The molecule has 2 heterocycles. The van der Waals surface area contributed by atoms with E-state index in [0.29, 0.717) is 29.6 Å². The summed E-state index contributed by atoms with van der Waals surface area (Å²) in [5.41, 5.74) is 2.55. The molecule has 0 saturated heterocycles. The Hall–Kier alpha value is -2.21. The number of fused-ring (bicyclic) bond motifs is 1. The van der Waals surface area contributed by atoms with Gasteiger partial charge in [-0.3, -0.25) is 9.59 Å². The van der Waals surface area contributed by atoms with Gasteiger partial charge in [-0.1, -0.05) is 32.0 Å². The minimum Gasteiger partial charge on any atom is -0.322 e. The fourth-order valence-corrected chi connectivity index (χ4v) is 3.64. The van der Waals surface area contributed by atoms with Crippen molar-refractivity contribution in [2.24, 2.45) is 5.92 Å². The van der Waals surface area contributed by atoms with Crippen molar-refractivity contribution in [3.8, 4) is 0 Å². The largest absolute Gasteiger partial charge is 0.322 e. The van der Waals surface area contributed by atoms with Gasteiger partial charge in [-0.25, -0.2) is 4.98 Å². The zero-order valence-corrected chi connectivity index (χ0v) is 14.9. The van der Waals surface area contributed by atoms with Crippen molar-refractivity contribution in [1.29, 1.82) is 0 Å². The molecule has 3 rings (SSSR count). The molecule has 2 aromatic rings. The first-order chi connectivity index (χ1) is 11.5. The van der Waals surface area contributed by atoms with E-state index in [1.807, 2.05) is 36.6 Å². The second kappa shape index (κ2) is 6.73. The Balaban J connectivity index is 1.82. The fourth-order valence-electron chi connectivity index (χ4n) is 2.95. The number of hydrogen-bond donors (Lipinski definition) is 1. The van der Waals surface area contributed by atoms with E-state index in [1.54, 1.807) is 4.90 Å². The number of hydrogen-bond acceptors (Lipinski definition) is 4. The molecular weight excluding hydrogens is 322 g/mol. The van der Waals surface area contributed by atoms with Gasteiger partial charge in [0.15, 0.2) is 5.13 Å². The first-order valence-corrected chi connectivity index (χ1v) is 8.95. The van der Waals surface area contributed by atoms with E-state index in [1.165, 1.54) is 11.3 Å². The number of aromatic nitrogens is 1. The average molecular weight is 343 g/mol. The smallest absolute Gasteiger partial charge is 0.255 e. The van der Waals surface area contributed by atoms with E-state index < -0.39 is 6.04 Å². The summed E-state index contributed by atoms with van der Waals surface area (Å²) in [6.07, 6.45) is 0.621. The molecule has 6 heteroatoms. The molecule has 0 aliphatic carbocycles. The Kier molecular flexibility index (Phi) is 4.66. The standard InChI is InChI=1S/C18H21N3O2S/c1-11(2)8-15(16(22)20-18-19-12(3)10-24-18)21-9-13-6-4-5-7-14(13)17(21)23/h4-7,10-11,15H,8-9H2,1-3H3,(H,19,20,22). The maximum atomic E-state index is 12.8. The molecule has 1 atom stereocenters. The quantitative estimate of drug-likeness (QED) is 0.904. The number of benzene rings is 1. The van der Waals surface area contributed by atoms with Gasteiger partial charge in [0.05, 0.1) is 5.69 Å². The van der Waals surface area contributed by atoms with Crippen molar-refractivity contribution in [3.05, 3.63) is 46.5 Å². The number of thiazole rings is 1. The monoisotopic (exact) mass is 343 g/mol. The molecule has 1 unspecified atom stereocenters. The highest BCUT2D eigenvalue weighted by atomic mass is 32.1. The summed E-state index contributed by atoms with van der Waals surface area (Å²) < 4.78 is 0. The van der Waals surface area contributed by atoms with Crippen LogP contribution in [0, 0.1) is 12.8 Å². The maximum absolute atomic E-state index is 12.8.